The van der Waals surface area contributed by atoms with Gasteiger partial charge in [-0.15, -0.1) is 0 Å². The van der Waals surface area contributed by atoms with Gasteiger partial charge in [0.15, 0.2) is 0 Å². The summed E-state index contributed by atoms with van der Waals surface area (Å²) >= 11 is 0. The summed E-state index contributed by atoms with van der Waals surface area (Å²) < 4.78 is 11.0. The van der Waals surface area contributed by atoms with Gasteiger partial charge in [-0.05, 0) is 0 Å². The van der Waals surface area contributed by atoms with Crippen molar-refractivity contribution in [1.29, 1.82) is 0 Å². The topological polar surface area (TPSA) is 60.4 Å². The molecule has 0 fully saturated rings. The first-order valence-corrected chi connectivity index (χ1v) is 4.94. The molecule has 1 atom stereocenters. The van der Waals surface area contributed by atoms with Crippen LogP contribution in [0.25, 0.3) is 0 Å². The molecule has 1 unspecified atom stereocenters. The summed E-state index contributed by atoms with van der Waals surface area (Å²) in [5.74, 6) is 0. The van der Waals surface area contributed by atoms with E-state index < -0.39 is 13.7 Å². The molecule has 0 bridgehead atoms. The van der Waals surface area contributed by atoms with Crippen LogP contribution in [0.3, 0.4) is 0 Å². The molecule has 1 N–H and O–H groups in total. The summed E-state index contributed by atoms with van der Waals surface area (Å²) in [6.07, 6.45) is -0.809. The number of hydrogen-bond donors (Lipinski definition) is 1. The third kappa shape index (κ3) is 3.02. The molecule has 0 spiro atoms. The summed E-state index contributed by atoms with van der Waals surface area (Å²) in [6.45, 7) is 0. The van der Waals surface area contributed by atoms with E-state index in [1.165, 1.54) is 12.1 Å². The maximum absolute atomic E-state index is 11.0. The zero-order valence-corrected chi connectivity index (χ0v) is 9.70. The van der Waals surface area contributed by atoms with Gasteiger partial charge in [0.1, 0.15) is 0 Å². The first-order chi connectivity index (χ1) is 5.17. The summed E-state index contributed by atoms with van der Waals surface area (Å²) in [6, 6.07) is 7.89. The van der Waals surface area contributed by atoms with Crippen LogP contribution in [0.2, 0.25) is 0 Å². The molecular weight excluding hydrogens is 186 g/mol. The zero-order valence-electron chi connectivity index (χ0n) is 6.80. The van der Waals surface area contributed by atoms with Gasteiger partial charge in [-0.3, -0.25) is 0 Å². The van der Waals surface area contributed by atoms with Gasteiger partial charge in [0.25, 0.3) is 0 Å². The van der Waals surface area contributed by atoms with Crippen LogP contribution < -0.4 is 39.8 Å². The first kappa shape index (κ1) is 12.4. The molecule has 3 nitrogen and oxygen atoms in total. The molecule has 1 aromatic rings. The second kappa shape index (κ2) is 5.18. The van der Waals surface area contributed by atoms with Crippen LogP contribution in [0.5, 0.6) is 0 Å². The van der Waals surface area contributed by atoms with Crippen LogP contribution in [0.15, 0.2) is 30.3 Å². The van der Waals surface area contributed by atoms with Gasteiger partial charge in [0, 0.05) is 5.30 Å². The number of aliphatic hydroxyl groups is 1. The Morgan fingerprint density at radius 1 is 1.33 bits per heavy atom. The van der Waals surface area contributed by atoms with Crippen LogP contribution in [0.4, 0.5) is 0 Å². The van der Waals surface area contributed by atoms with E-state index in [2.05, 4.69) is 0 Å². The molecule has 0 radical (unpaired) electrons. The van der Waals surface area contributed by atoms with Crippen LogP contribution in [0.1, 0.15) is 0 Å². The molecule has 0 saturated carbocycles. The van der Waals surface area contributed by atoms with Crippen LogP contribution in [-0.4, -0.2) is 11.5 Å². The van der Waals surface area contributed by atoms with Crippen molar-refractivity contribution in [3.63, 3.8) is 0 Å². The zero-order chi connectivity index (χ0) is 8.32. The Kier molecular flexibility index (Phi) is 5.34. The minimum Gasteiger partial charge on any atom is -0.794 e. The van der Waals surface area contributed by atoms with E-state index in [1.54, 1.807) is 18.2 Å². The Morgan fingerprint density at radius 3 is 2.25 bits per heavy atom. The molecule has 0 aliphatic rings. The van der Waals surface area contributed by atoms with Crippen LogP contribution >= 0.6 is 7.37 Å². The van der Waals surface area contributed by atoms with Crippen LogP contribution in [-0.2, 0) is 4.57 Å². The normalized spacial score (nSPS) is 14.5. The van der Waals surface area contributed by atoms with E-state index in [0.717, 1.165) is 0 Å². The minimum atomic E-state index is -3.72. The van der Waals surface area contributed by atoms with E-state index in [9.17, 15) is 9.46 Å². The van der Waals surface area contributed by atoms with Crippen molar-refractivity contribution in [3.8, 4) is 0 Å². The molecule has 0 aromatic heterocycles. The van der Waals surface area contributed by atoms with Crippen molar-refractivity contribution < 1.29 is 44.1 Å². The average Bonchev–Trinajstić information content (AvgIpc) is 2.06. The van der Waals surface area contributed by atoms with Crippen molar-refractivity contribution in [2.45, 2.75) is 0 Å². The Bertz CT molecular complexity index is 275. The number of hydrogen-bond acceptors (Lipinski definition) is 3. The van der Waals surface area contributed by atoms with Crippen molar-refractivity contribution in [3.05, 3.63) is 30.3 Å². The van der Waals surface area contributed by atoms with Gasteiger partial charge < -0.3 is 14.6 Å². The van der Waals surface area contributed by atoms with Gasteiger partial charge in [0.05, 0.1) is 13.7 Å². The molecule has 0 heterocycles. The molecular formula is C7H8NaO3P. The second-order valence-electron chi connectivity index (χ2n) is 2.15. The Balaban J connectivity index is 0.00000121. The van der Waals surface area contributed by atoms with Crippen molar-refractivity contribution >= 4 is 12.7 Å². The number of aliphatic hydroxyl groups excluding tert-OH is 1. The van der Waals surface area contributed by atoms with Gasteiger partial charge >= 0.3 is 29.6 Å². The smallest absolute Gasteiger partial charge is 0.794 e. The molecule has 0 aliphatic heterocycles. The van der Waals surface area contributed by atoms with Gasteiger partial charge in [0.2, 0.25) is 0 Å². The van der Waals surface area contributed by atoms with E-state index in [-0.39, 0.29) is 34.9 Å². The monoisotopic (exact) mass is 194 g/mol. The second-order valence-corrected chi connectivity index (χ2v) is 4.30. The quantitative estimate of drug-likeness (QED) is 0.401. The first-order valence-electron chi connectivity index (χ1n) is 3.13. The summed E-state index contributed by atoms with van der Waals surface area (Å²) in [4.78, 5) is 11.0. The molecule has 12 heavy (non-hydrogen) atoms. The fourth-order valence-electron chi connectivity index (χ4n) is 0.737. The molecule has 5 heteroatoms. The summed E-state index contributed by atoms with van der Waals surface area (Å²) in [7, 11) is -3.72. The summed E-state index contributed by atoms with van der Waals surface area (Å²) in [5, 5.41) is 8.65. The molecule has 1 aromatic carbocycles. The SMILES string of the molecule is O=P([O-])(CO)c1ccccc1.[Na+]. The third-order valence-electron chi connectivity index (χ3n) is 1.34. The summed E-state index contributed by atoms with van der Waals surface area (Å²) in [5.41, 5.74) is 0. The van der Waals surface area contributed by atoms with E-state index >= 15 is 0 Å². The van der Waals surface area contributed by atoms with Crippen molar-refractivity contribution in [1.82, 2.24) is 0 Å². The molecule has 0 saturated heterocycles. The Labute approximate surface area is 93.2 Å². The van der Waals surface area contributed by atoms with E-state index in [1.807, 2.05) is 0 Å². The number of benzene rings is 1. The standard InChI is InChI=1S/C7H9O3P.Na/c8-6-11(9,10)7-4-2-1-3-5-7;/h1-5,8H,6H2,(H,9,10);/q;+1/p-1. The van der Waals surface area contributed by atoms with E-state index in [4.69, 9.17) is 5.11 Å². The van der Waals surface area contributed by atoms with Gasteiger partial charge in [-0.1, -0.05) is 30.3 Å². The predicted molar refractivity (Wildman–Crippen MR) is 40.8 cm³/mol. The Hall–Kier alpha value is 0.370. The van der Waals surface area contributed by atoms with Crippen LogP contribution in [0, 0.1) is 0 Å². The third-order valence-corrected chi connectivity index (χ3v) is 2.79. The molecule has 1 rings (SSSR count). The van der Waals surface area contributed by atoms with Crippen molar-refractivity contribution in [2.24, 2.45) is 0 Å². The van der Waals surface area contributed by atoms with Gasteiger partial charge in [-0.25, -0.2) is 0 Å². The molecule has 0 amide bonds. The molecule has 0 aliphatic carbocycles. The average molecular weight is 194 g/mol. The van der Waals surface area contributed by atoms with E-state index in [0.29, 0.717) is 0 Å². The van der Waals surface area contributed by atoms with Gasteiger partial charge in [-0.2, -0.15) is 0 Å². The number of rotatable bonds is 2. The fourth-order valence-corrected chi connectivity index (χ4v) is 1.53. The Morgan fingerprint density at radius 2 is 1.83 bits per heavy atom. The maximum Gasteiger partial charge on any atom is 1.00 e. The maximum atomic E-state index is 11.0. The van der Waals surface area contributed by atoms with Crippen molar-refractivity contribution in [2.75, 3.05) is 6.35 Å². The fraction of sp³-hybridized carbons (Fsp3) is 0.143. The largest absolute Gasteiger partial charge is 1.00 e. The minimum absolute atomic E-state index is 0. The molecule has 60 valence electrons. The predicted octanol–water partition coefficient (Wildman–Crippen LogP) is -3.10.